The van der Waals surface area contributed by atoms with Crippen LogP contribution in [0, 0.1) is 0 Å². The van der Waals surface area contributed by atoms with Gasteiger partial charge in [-0.3, -0.25) is 4.79 Å². The van der Waals surface area contributed by atoms with Crippen LogP contribution in [0.15, 0.2) is 0 Å². The fraction of sp³-hybridized carbons (Fsp3) is 0.778. The number of halogens is 1. The molecule has 1 rings (SSSR count). The van der Waals surface area contributed by atoms with Crippen molar-refractivity contribution < 1.29 is 23.8 Å². The number of carbonyl (C=O) groups excluding carboxylic acids is 2. The molecule has 15 heavy (non-hydrogen) atoms. The zero-order valence-electron chi connectivity index (χ0n) is 8.57. The van der Waals surface area contributed by atoms with Crippen LogP contribution in [0.3, 0.4) is 0 Å². The third-order valence-electron chi connectivity index (χ3n) is 2.03. The SMILES string of the molecule is COC(=O)[C@@H]1C[C@H](OC(C)=O)CC(I)O1. The van der Waals surface area contributed by atoms with Gasteiger partial charge in [0.2, 0.25) is 0 Å². The fourth-order valence-corrected chi connectivity index (χ4v) is 2.37. The van der Waals surface area contributed by atoms with Gasteiger partial charge in [-0.15, -0.1) is 0 Å². The Kier molecular flexibility index (Phi) is 4.78. The Balaban J connectivity index is 2.55. The van der Waals surface area contributed by atoms with E-state index in [1.165, 1.54) is 14.0 Å². The maximum absolute atomic E-state index is 11.3. The number of methoxy groups -OCH3 is 1. The highest BCUT2D eigenvalue weighted by Gasteiger charge is 2.34. The molecule has 0 radical (unpaired) electrons. The second kappa shape index (κ2) is 5.64. The van der Waals surface area contributed by atoms with Crippen LogP contribution in [-0.2, 0) is 23.8 Å². The van der Waals surface area contributed by atoms with Crippen molar-refractivity contribution in [2.24, 2.45) is 0 Å². The number of esters is 2. The summed E-state index contributed by atoms with van der Waals surface area (Å²) in [5.41, 5.74) is 0. The van der Waals surface area contributed by atoms with E-state index in [1.54, 1.807) is 0 Å². The van der Waals surface area contributed by atoms with Gasteiger partial charge < -0.3 is 14.2 Å². The van der Waals surface area contributed by atoms with Gasteiger partial charge in [-0.05, 0) is 0 Å². The zero-order valence-corrected chi connectivity index (χ0v) is 10.7. The lowest BCUT2D eigenvalue weighted by Gasteiger charge is -2.30. The van der Waals surface area contributed by atoms with Crippen LogP contribution in [0.4, 0.5) is 0 Å². The third-order valence-corrected chi connectivity index (χ3v) is 2.84. The van der Waals surface area contributed by atoms with E-state index in [2.05, 4.69) is 27.3 Å². The molecule has 3 atom stereocenters. The van der Waals surface area contributed by atoms with Crippen molar-refractivity contribution in [1.29, 1.82) is 0 Å². The summed E-state index contributed by atoms with van der Waals surface area (Å²) in [5, 5.41) is 0. The molecule has 0 amide bonds. The zero-order chi connectivity index (χ0) is 11.4. The molecule has 1 heterocycles. The molecule has 1 fully saturated rings. The van der Waals surface area contributed by atoms with Crippen LogP contribution in [0.1, 0.15) is 19.8 Å². The van der Waals surface area contributed by atoms with E-state index in [1.807, 2.05) is 0 Å². The van der Waals surface area contributed by atoms with Crippen molar-refractivity contribution in [3.63, 3.8) is 0 Å². The molecule has 0 aliphatic carbocycles. The van der Waals surface area contributed by atoms with Gasteiger partial charge in [0.15, 0.2) is 6.10 Å². The first-order valence-electron chi connectivity index (χ1n) is 4.57. The average molecular weight is 328 g/mol. The number of hydrogen-bond donors (Lipinski definition) is 0. The van der Waals surface area contributed by atoms with Gasteiger partial charge in [0.1, 0.15) is 10.2 Å². The summed E-state index contributed by atoms with van der Waals surface area (Å²) in [7, 11) is 1.31. The number of carbonyl (C=O) groups is 2. The van der Waals surface area contributed by atoms with Crippen LogP contribution in [-0.4, -0.2) is 35.4 Å². The van der Waals surface area contributed by atoms with E-state index in [4.69, 9.17) is 9.47 Å². The molecule has 0 aromatic carbocycles. The van der Waals surface area contributed by atoms with Gasteiger partial charge >= 0.3 is 11.9 Å². The minimum atomic E-state index is -0.630. The summed E-state index contributed by atoms with van der Waals surface area (Å²) < 4.78 is 14.9. The predicted octanol–water partition coefficient (Wildman–Crippen LogP) is 1.03. The van der Waals surface area contributed by atoms with E-state index in [0.29, 0.717) is 12.8 Å². The van der Waals surface area contributed by atoms with Crippen molar-refractivity contribution in [3.05, 3.63) is 0 Å². The molecule has 5 nitrogen and oxygen atoms in total. The summed E-state index contributed by atoms with van der Waals surface area (Å²) in [6, 6.07) is 0. The highest BCUT2D eigenvalue weighted by Crippen LogP contribution is 2.26. The van der Waals surface area contributed by atoms with Gasteiger partial charge in [-0.25, -0.2) is 4.79 Å². The molecule has 0 N–H and O–H groups in total. The van der Waals surface area contributed by atoms with Gasteiger partial charge in [-0.2, -0.15) is 0 Å². The number of alkyl halides is 1. The van der Waals surface area contributed by atoms with Gasteiger partial charge in [0.25, 0.3) is 0 Å². The molecule has 0 aromatic rings. The third kappa shape index (κ3) is 3.94. The predicted molar refractivity (Wildman–Crippen MR) is 59.5 cm³/mol. The Morgan fingerprint density at radius 1 is 1.40 bits per heavy atom. The van der Waals surface area contributed by atoms with Crippen LogP contribution < -0.4 is 0 Å². The normalized spacial score (nSPS) is 30.7. The highest BCUT2D eigenvalue weighted by atomic mass is 127. The molecule has 1 aliphatic heterocycles. The lowest BCUT2D eigenvalue weighted by atomic mass is 10.1. The van der Waals surface area contributed by atoms with Gasteiger partial charge in [-0.1, -0.05) is 22.6 Å². The van der Waals surface area contributed by atoms with Crippen LogP contribution in [0.25, 0.3) is 0 Å². The van der Waals surface area contributed by atoms with Crippen molar-refractivity contribution in [2.75, 3.05) is 7.11 Å². The molecule has 1 unspecified atom stereocenters. The summed E-state index contributed by atoms with van der Waals surface area (Å²) in [4.78, 5) is 22.0. The Morgan fingerprint density at radius 2 is 2.07 bits per heavy atom. The quantitative estimate of drug-likeness (QED) is 0.430. The summed E-state index contributed by atoms with van der Waals surface area (Å²) in [6.45, 7) is 1.35. The van der Waals surface area contributed by atoms with Crippen LogP contribution in [0.5, 0.6) is 0 Å². The van der Waals surface area contributed by atoms with E-state index < -0.39 is 12.1 Å². The largest absolute Gasteiger partial charge is 0.467 e. The van der Waals surface area contributed by atoms with Gasteiger partial charge in [0.05, 0.1) is 7.11 Å². The molecule has 1 saturated heterocycles. The second-order valence-electron chi connectivity index (χ2n) is 3.26. The van der Waals surface area contributed by atoms with E-state index >= 15 is 0 Å². The maximum atomic E-state index is 11.3. The Bertz CT molecular complexity index is 255. The second-order valence-corrected chi connectivity index (χ2v) is 4.65. The average Bonchev–Trinajstić information content (AvgIpc) is 2.14. The molecule has 0 bridgehead atoms. The van der Waals surface area contributed by atoms with Gasteiger partial charge in [0, 0.05) is 19.8 Å². The Labute approximate surface area is 102 Å². The summed E-state index contributed by atoms with van der Waals surface area (Å²) >= 11 is 2.06. The first-order chi connectivity index (χ1) is 7.02. The standard InChI is InChI=1S/C9H13IO5/c1-5(11)14-6-3-7(9(12)13-2)15-8(10)4-6/h6-8H,3-4H2,1-2H3/t6-,7-,8?/m0/s1. The van der Waals surface area contributed by atoms with E-state index in [-0.39, 0.29) is 16.2 Å². The highest BCUT2D eigenvalue weighted by molar-refractivity contribution is 14.1. The van der Waals surface area contributed by atoms with Crippen molar-refractivity contribution in [1.82, 2.24) is 0 Å². The van der Waals surface area contributed by atoms with E-state index in [9.17, 15) is 9.59 Å². The fourth-order valence-electron chi connectivity index (χ4n) is 1.45. The van der Waals surface area contributed by atoms with Crippen molar-refractivity contribution in [2.45, 2.75) is 36.1 Å². The number of ether oxygens (including phenoxy) is 3. The monoisotopic (exact) mass is 328 g/mol. The lowest BCUT2D eigenvalue weighted by Crippen LogP contribution is -2.40. The molecule has 0 saturated carbocycles. The van der Waals surface area contributed by atoms with Crippen LogP contribution in [0.2, 0.25) is 0 Å². The van der Waals surface area contributed by atoms with Crippen molar-refractivity contribution >= 4 is 34.5 Å². The first kappa shape index (κ1) is 12.7. The number of hydrogen-bond acceptors (Lipinski definition) is 5. The molecular formula is C9H13IO5. The molecule has 1 aliphatic rings. The Hall–Kier alpha value is -0.370. The maximum Gasteiger partial charge on any atom is 0.335 e. The Morgan fingerprint density at radius 3 is 2.60 bits per heavy atom. The minimum absolute atomic E-state index is 0.134. The molecule has 0 aromatic heterocycles. The lowest BCUT2D eigenvalue weighted by molar-refractivity contribution is -0.170. The smallest absolute Gasteiger partial charge is 0.335 e. The minimum Gasteiger partial charge on any atom is -0.467 e. The first-order valence-corrected chi connectivity index (χ1v) is 5.82. The molecule has 0 spiro atoms. The summed E-state index contributed by atoms with van der Waals surface area (Å²) in [5.74, 6) is -0.761. The molecule has 86 valence electrons. The number of rotatable bonds is 2. The topological polar surface area (TPSA) is 61.8 Å². The van der Waals surface area contributed by atoms with Crippen LogP contribution >= 0.6 is 22.6 Å². The molecule has 6 heteroatoms. The van der Waals surface area contributed by atoms with E-state index in [0.717, 1.165) is 0 Å². The summed E-state index contributed by atoms with van der Waals surface area (Å²) in [6.07, 6.45) is 0.0802. The van der Waals surface area contributed by atoms with Crippen molar-refractivity contribution in [3.8, 4) is 0 Å². The molecular weight excluding hydrogens is 315 g/mol.